The molecule has 0 atom stereocenters. The molecule has 0 aliphatic rings. The van der Waals surface area contributed by atoms with Crippen LogP contribution in [0.15, 0.2) is 109 Å². The van der Waals surface area contributed by atoms with Crippen molar-refractivity contribution in [1.82, 2.24) is 9.13 Å². The van der Waals surface area contributed by atoms with E-state index in [1.807, 2.05) is 12.1 Å². The van der Waals surface area contributed by atoms with Gasteiger partial charge in [0.2, 0.25) is 0 Å². The first-order valence-corrected chi connectivity index (χ1v) is 20.8. The zero-order chi connectivity index (χ0) is 43.5. The van der Waals surface area contributed by atoms with Gasteiger partial charge in [0.25, 0.3) is 0 Å². The van der Waals surface area contributed by atoms with Crippen molar-refractivity contribution in [2.75, 3.05) is 0 Å². The number of aromatic nitrogens is 2. The van der Waals surface area contributed by atoms with Crippen LogP contribution in [0.2, 0.25) is 0 Å². The van der Waals surface area contributed by atoms with Crippen LogP contribution >= 0.6 is 0 Å². The third-order valence-corrected chi connectivity index (χ3v) is 12.2. The number of hydrogen-bond acceptors (Lipinski definition) is 0. The molecular weight excluding hydrogens is 748 g/mol. The lowest BCUT2D eigenvalue weighted by Gasteiger charge is -2.22. The van der Waals surface area contributed by atoms with Crippen LogP contribution in [0.25, 0.3) is 71.0 Å². The predicted molar refractivity (Wildman–Crippen MR) is 247 cm³/mol. The molecule has 306 valence electrons. The first-order chi connectivity index (χ1) is 27.9. The normalized spacial score (nSPS) is 13.2. The van der Waals surface area contributed by atoms with Crippen molar-refractivity contribution in [2.24, 2.45) is 0 Å². The van der Waals surface area contributed by atoms with E-state index in [9.17, 15) is 13.2 Å². The van der Waals surface area contributed by atoms with Crippen LogP contribution in [0.4, 0.5) is 18.9 Å². The Labute approximate surface area is 352 Å². The molecule has 0 saturated carbocycles. The second-order valence-corrected chi connectivity index (χ2v) is 20.6. The van der Waals surface area contributed by atoms with Crippen molar-refractivity contribution in [3.8, 4) is 22.5 Å². The monoisotopic (exact) mass is 801 g/mol. The molecule has 0 bridgehead atoms. The fourth-order valence-corrected chi connectivity index (χ4v) is 8.56. The number of fused-ring (bicyclic) bond motifs is 6. The first kappa shape index (κ1) is 41.0. The fourth-order valence-electron chi connectivity index (χ4n) is 8.56. The fraction of sp³-hybridized carbons (Fsp3) is 0.315. The Hall–Kier alpha value is -5.80. The minimum atomic E-state index is -4.59. The van der Waals surface area contributed by atoms with Crippen LogP contribution < -0.4 is 0 Å². The summed E-state index contributed by atoms with van der Waals surface area (Å²) in [6.45, 7) is 34.4. The van der Waals surface area contributed by atoms with Gasteiger partial charge in [0.15, 0.2) is 5.69 Å². The number of benzene rings is 6. The third-order valence-electron chi connectivity index (χ3n) is 12.2. The highest BCUT2D eigenvalue weighted by molar-refractivity contribution is 6.12. The number of hydrogen-bond donors (Lipinski definition) is 0. The SMILES string of the molecule is [C-]#[N+]c1ccc(-c2cc(C(F)(F)F)ccc2-n2c3ccc(C(C)(C)C)cc3c3cc(C(C)(C)C)ccc32)c(-n2c3ccc(C(C)(C)C)cc3c3cc(C(C)(C)C)ccc32)c1. The summed E-state index contributed by atoms with van der Waals surface area (Å²) in [5.74, 6) is 0. The van der Waals surface area contributed by atoms with Gasteiger partial charge < -0.3 is 9.13 Å². The molecule has 2 heterocycles. The first-order valence-electron chi connectivity index (χ1n) is 20.8. The second kappa shape index (κ2) is 13.6. The van der Waals surface area contributed by atoms with Crippen molar-refractivity contribution in [1.29, 1.82) is 0 Å². The molecule has 3 nitrogen and oxygen atoms in total. The average molecular weight is 802 g/mol. The zero-order valence-electron chi connectivity index (χ0n) is 36.9. The Kier molecular flexibility index (Phi) is 9.29. The lowest BCUT2D eigenvalue weighted by molar-refractivity contribution is -0.137. The van der Waals surface area contributed by atoms with Crippen LogP contribution in [-0.2, 0) is 27.8 Å². The number of nitrogens with zero attached hydrogens (tertiary/aromatic N) is 3. The summed E-state index contributed by atoms with van der Waals surface area (Å²) in [6.07, 6.45) is -4.59. The summed E-state index contributed by atoms with van der Waals surface area (Å²) >= 11 is 0. The molecule has 0 aliphatic carbocycles. The Morgan fingerprint density at radius 2 is 0.733 bits per heavy atom. The van der Waals surface area contributed by atoms with Crippen molar-refractivity contribution >= 4 is 49.3 Å². The van der Waals surface area contributed by atoms with E-state index in [2.05, 4.69) is 170 Å². The summed E-state index contributed by atoms with van der Waals surface area (Å²) in [5.41, 5.74) is 9.84. The molecular formula is C54H54F3N3. The minimum Gasteiger partial charge on any atom is -0.310 e. The maximum Gasteiger partial charge on any atom is 0.416 e. The van der Waals surface area contributed by atoms with Crippen LogP contribution in [-0.4, -0.2) is 9.13 Å². The quantitative estimate of drug-likeness (QED) is 0.158. The van der Waals surface area contributed by atoms with E-state index < -0.39 is 11.7 Å². The molecule has 0 saturated heterocycles. The summed E-state index contributed by atoms with van der Waals surface area (Å²) in [7, 11) is 0. The Balaban J connectivity index is 1.52. The number of alkyl halides is 3. The highest BCUT2D eigenvalue weighted by atomic mass is 19.4. The van der Waals surface area contributed by atoms with Gasteiger partial charge in [-0.05, 0) is 117 Å². The smallest absolute Gasteiger partial charge is 0.310 e. The highest BCUT2D eigenvalue weighted by Gasteiger charge is 2.33. The van der Waals surface area contributed by atoms with Gasteiger partial charge in [0.1, 0.15) is 0 Å². The molecule has 6 heteroatoms. The van der Waals surface area contributed by atoms with Gasteiger partial charge >= 0.3 is 6.18 Å². The van der Waals surface area contributed by atoms with Gasteiger partial charge in [-0.3, -0.25) is 0 Å². The van der Waals surface area contributed by atoms with Crippen molar-refractivity contribution in [3.05, 3.63) is 148 Å². The Morgan fingerprint density at radius 1 is 0.383 bits per heavy atom. The molecule has 8 rings (SSSR count). The highest BCUT2D eigenvalue weighted by Crippen LogP contribution is 2.46. The molecule has 60 heavy (non-hydrogen) atoms. The molecule has 6 aromatic carbocycles. The van der Waals surface area contributed by atoms with Crippen molar-refractivity contribution in [3.63, 3.8) is 0 Å². The van der Waals surface area contributed by atoms with Crippen LogP contribution in [0.3, 0.4) is 0 Å². The zero-order valence-corrected chi connectivity index (χ0v) is 36.9. The van der Waals surface area contributed by atoms with Crippen LogP contribution in [0, 0.1) is 6.57 Å². The van der Waals surface area contributed by atoms with E-state index in [1.165, 1.54) is 34.4 Å². The maximum atomic E-state index is 14.9. The third kappa shape index (κ3) is 6.96. The average Bonchev–Trinajstić information content (AvgIpc) is 3.67. The summed E-state index contributed by atoms with van der Waals surface area (Å²) in [5, 5.41) is 4.20. The maximum absolute atomic E-state index is 14.9. The van der Waals surface area contributed by atoms with Gasteiger partial charge in [-0.25, -0.2) is 4.85 Å². The molecule has 0 radical (unpaired) electrons. The summed E-state index contributed by atoms with van der Waals surface area (Å²) in [6, 6.07) is 35.5. The Bertz CT molecular complexity index is 2920. The van der Waals surface area contributed by atoms with E-state index in [4.69, 9.17) is 6.57 Å². The van der Waals surface area contributed by atoms with E-state index in [0.717, 1.165) is 43.6 Å². The lowest BCUT2D eigenvalue weighted by atomic mass is 9.85. The van der Waals surface area contributed by atoms with E-state index in [0.29, 0.717) is 28.2 Å². The molecule has 0 amide bonds. The van der Waals surface area contributed by atoms with Gasteiger partial charge in [0.05, 0.1) is 39.9 Å². The lowest BCUT2D eigenvalue weighted by Crippen LogP contribution is -2.10. The standard InChI is InChI=1S/C54H54F3N3/c1-50(2,3)32-14-21-45-40(26-32)41-27-33(51(4,5)6)15-22-46(41)59(45)44-25-18-36(54(55,56)57)30-39(44)38-20-19-37(58-13)31-49(38)60-47-23-16-34(52(7,8)9)28-42(47)43-29-35(53(10,11)12)17-24-48(43)60/h14-31H,1-12H3. The van der Waals surface area contributed by atoms with Crippen LogP contribution in [0.5, 0.6) is 0 Å². The van der Waals surface area contributed by atoms with Crippen molar-refractivity contribution < 1.29 is 13.2 Å². The molecule has 0 N–H and O–H groups in total. The molecule has 0 spiro atoms. The van der Waals surface area contributed by atoms with Gasteiger partial charge in [0, 0.05) is 38.4 Å². The minimum absolute atomic E-state index is 0.115. The van der Waals surface area contributed by atoms with Crippen molar-refractivity contribution in [2.45, 2.75) is 111 Å². The predicted octanol–water partition coefficient (Wildman–Crippen LogP) is 16.3. The van der Waals surface area contributed by atoms with E-state index >= 15 is 0 Å². The molecule has 8 aromatic rings. The van der Waals surface area contributed by atoms with Gasteiger partial charge in [-0.15, -0.1) is 0 Å². The Morgan fingerprint density at radius 3 is 1.07 bits per heavy atom. The topological polar surface area (TPSA) is 14.2 Å². The molecule has 2 aromatic heterocycles. The summed E-state index contributed by atoms with van der Waals surface area (Å²) < 4.78 is 49.0. The number of halogens is 3. The summed E-state index contributed by atoms with van der Waals surface area (Å²) in [4.78, 5) is 3.85. The van der Waals surface area contributed by atoms with E-state index in [1.54, 1.807) is 12.1 Å². The molecule has 0 aliphatic heterocycles. The number of rotatable bonds is 3. The van der Waals surface area contributed by atoms with Crippen LogP contribution in [0.1, 0.15) is 111 Å². The van der Waals surface area contributed by atoms with E-state index in [-0.39, 0.29) is 21.7 Å². The van der Waals surface area contributed by atoms with Gasteiger partial charge in [-0.1, -0.05) is 119 Å². The second-order valence-electron chi connectivity index (χ2n) is 20.6. The molecule has 0 unspecified atom stereocenters. The largest absolute Gasteiger partial charge is 0.416 e. The van der Waals surface area contributed by atoms with Gasteiger partial charge in [-0.2, -0.15) is 13.2 Å². The molecule has 0 fully saturated rings.